The van der Waals surface area contributed by atoms with Gasteiger partial charge >= 0.3 is 0 Å². The van der Waals surface area contributed by atoms with Gasteiger partial charge in [0.1, 0.15) is 5.82 Å². The molecule has 0 N–H and O–H groups in total. The molecule has 0 unspecified atom stereocenters. The Balaban J connectivity index is 1.97. The highest BCUT2D eigenvalue weighted by atomic mass is 15.5. The zero-order chi connectivity index (χ0) is 10.8. The molecule has 0 aromatic carbocycles. The highest BCUT2D eigenvalue weighted by molar-refractivity contribution is 4.83. The molecule has 1 fully saturated rings. The minimum absolute atomic E-state index is 0.537. The van der Waals surface area contributed by atoms with E-state index in [2.05, 4.69) is 29.4 Å². The Labute approximate surface area is 91.1 Å². The van der Waals surface area contributed by atoms with Gasteiger partial charge in [0.25, 0.3) is 0 Å². The van der Waals surface area contributed by atoms with E-state index in [-0.39, 0.29) is 0 Å². The van der Waals surface area contributed by atoms with Crippen LogP contribution in [0, 0.1) is 18.8 Å². The van der Waals surface area contributed by atoms with Gasteiger partial charge in [-0.05, 0) is 54.9 Å². The second-order valence-electron chi connectivity index (χ2n) is 4.98. The maximum absolute atomic E-state index is 4.06. The van der Waals surface area contributed by atoms with Crippen LogP contribution in [-0.4, -0.2) is 20.2 Å². The monoisotopic (exact) mass is 208 g/mol. The fraction of sp³-hybridized carbons (Fsp3) is 0.909. The summed E-state index contributed by atoms with van der Waals surface area (Å²) in [7, 11) is 0. The van der Waals surface area contributed by atoms with Crippen LogP contribution < -0.4 is 0 Å². The van der Waals surface area contributed by atoms with Gasteiger partial charge in [0, 0.05) is 0 Å². The third-order valence-electron chi connectivity index (χ3n) is 3.69. The summed E-state index contributed by atoms with van der Waals surface area (Å²) in [4.78, 5) is 0. The van der Waals surface area contributed by atoms with Crippen molar-refractivity contribution >= 4 is 0 Å². The molecule has 0 spiro atoms. The molecule has 1 heterocycles. The van der Waals surface area contributed by atoms with E-state index >= 15 is 0 Å². The number of hydrogen-bond donors (Lipinski definition) is 0. The first kappa shape index (κ1) is 10.6. The van der Waals surface area contributed by atoms with E-state index in [0.717, 1.165) is 17.7 Å². The van der Waals surface area contributed by atoms with E-state index in [1.54, 1.807) is 0 Å². The average Bonchev–Trinajstić information content (AvgIpc) is 2.65. The summed E-state index contributed by atoms with van der Waals surface area (Å²) in [5.74, 6) is 2.67. The van der Waals surface area contributed by atoms with Gasteiger partial charge in [0.2, 0.25) is 0 Å². The van der Waals surface area contributed by atoms with E-state index in [1.165, 1.54) is 25.7 Å². The third kappa shape index (κ3) is 2.19. The molecule has 2 rings (SSSR count). The van der Waals surface area contributed by atoms with Crippen molar-refractivity contribution in [2.45, 2.75) is 52.5 Å². The standard InChI is InChI=1S/C11H20N4/c1-8(2)10-4-6-11(7-5-10)15-9(3)12-13-14-15/h8,10-11H,4-7H2,1-3H3/t10-,11-. The summed E-state index contributed by atoms with van der Waals surface area (Å²) >= 11 is 0. The first-order chi connectivity index (χ1) is 7.18. The van der Waals surface area contributed by atoms with Crippen LogP contribution in [0.4, 0.5) is 0 Å². The minimum atomic E-state index is 0.537. The first-order valence-electron chi connectivity index (χ1n) is 5.93. The first-order valence-corrected chi connectivity index (χ1v) is 5.93. The molecule has 84 valence electrons. The largest absolute Gasteiger partial charge is 0.227 e. The lowest BCUT2D eigenvalue weighted by atomic mass is 9.80. The summed E-state index contributed by atoms with van der Waals surface area (Å²) in [6.07, 6.45) is 5.10. The Hall–Kier alpha value is -0.930. The lowest BCUT2D eigenvalue weighted by molar-refractivity contribution is 0.213. The third-order valence-corrected chi connectivity index (χ3v) is 3.69. The van der Waals surface area contributed by atoms with Crippen LogP contribution in [0.1, 0.15) is 51.4 Å². The molecule has 1 aliphatic rings. The van der Waals surface area contributed by atoms with Gasteiger partial charge in [-0.15, -0.1) is 5.10 Å². The van der Waals surface area contributed by atoms with Crippen molar-refractivity contribution < 1.29 is 0 Å². The van der Waals surface area contributed by atoms with Crippen LogP contribution in [-0.2, 0) is 0 Å². The molecule has 0 radical (unpaired) electrons. The number of nitrogens with zero attached hydrogens (tertiary/aromatic N) is 4. The van der Waals surface area contributed by atoms with Crippen LogP contribution >= 0.6 is 0 Å². The number of rotatable bonds is 2. The number of hydrogen-bond acceptors (Lipinski definition) is 3. The fourth-order valence-corrected chi connectivity index (χ4v) is 2.59. The van der Waals surface area contributed by atoms with Crippen LogP contribution in [0.5, 0.6) is 0 Å². The summed E-state index contributed by atoms with van der Waals surface area (Å²) < 4.78 is 2.00. The Morgan fingerprint density at radius 3 is 2.33 bits per heavy atom. The van der Waals surface area contributed by atoms with E-state index in [4.69, 9.17) is 0 Å². The average molecular weight is 208 g/mol. The highest BCUT2D eigenvalue weighted by Gasteiger charge is 2.25. The van der Waals surface area contributed by atoms with Crippen LogP contribution in [0.3, 0.4) is 0 Å². The summed E-state index contributed by atoms with van der Waals surface area (Å²) in [5.41, 5.74) is 0. The topological polar surface area (TPSA) is 43.6 Å². The Kier molecular flexibility index (Phi) is 3.03. The fourth-order valence-electron chi connectivity index (χ4n) is 2.59. The van der Waals surface area contributed by atoms with Crippen molar-refractivity contribution in [2.24, 2.45) is 11.8 Å². The second kappa shape index (κ2) is 4.29. The predicted molar refractivity (Wildman–Crippen MR) is 58.4 cm³/mol. The van der Waals surface area contributed by atoms with Gasteiger partial charge in [-0.25, -0.2) is 4.68 Å². The van der Waals surface area contributed by atoms with Crippen molar-refractivity contribution in [3.63, 3.8) is 0 Å². The molecular weight excluding hydrogens is 188 g/mol. The smallest absolute Gasteiger partial charge is 0.148 e. The van der Waals surface area contributed by atoms with E-state index in [0.29, 0.717) is 6.04 Å². The molecule has 4 heteroatoms. The van der Waals surface area contributed by atoms with Crippen LogP contribution in [0.2, 0.25) is 0 Å². The molecule has 15 heavy (non-hydrogen) atoms. The molecule has 1 aromatic rings. The zero-order valence-corrected chi connectivity index (χ0v) is 9.85. The zero-order valence-electron chi connectivity index (χ0n) is 9.85. The van der Waals surface area contributed by atoms with Gasteiger partial charge in [0.15, 0.2) is 0 Å². The lowest BCUT2D eigenvalue weighted by Crippen LogP contribution is -2.22. The van der Waals surface area contributed by atoms with Crippen molar-refractivity contribution in [1.82, 2.24) is 20.2 Å². The maximum Gasteiger partial charge on any atom is 0.148 e. The second-order valence-corrected chi connectivity index (χ2v) is 4.98. The van der Waals surface area contributed by atoms with Gasteiger partial charge in [-0.2, -0.15) is 0 Å². The number of tetrazole rings is 1. The van der Waals surface area contributed by atoms with E-state index in [1.807, 2.05) is 11.6 Å². The normalized spacial score (nSPS) is 27.2. The van der Waals surface area contributed by atoms with E-state index < -0.39 is 0 Å². The van der Waals surface area contributed by atoms with Crippen molar-refractivity contribution in [2.75, 3.05) is 0 Å². The van der Waals surface area contributed by atoms with Gasteiger partial charge in [0.05, 0.1) is 6.04 Å². The van der Waals surface area contributed by atoms with E-state index in [9.17, 15) is 0 Å². The molecule has 0 saturated heterocycles. The summed E-state index contributed by atoms with van der Waals surface area (Å²) in [5, 5.41) is 11.7. The van der Waals surface area contributed by atoms with Crippen LogP contribution in [0.15, 0.2) is 0 Å². The summed E-state index contributed by atoms with van der Waals surface area (Å²) in [6.45, 7) is 6.63. The van der Waals surface area contributed by atoms with Gasteiger partial charge in [-0.3, -0.25) is 0 Å². The highest BCUT2D eigenvalue weighted by Crippen LogP contribution is 2.35. The molecular formula is C11H20N4. The molecule has 0 amide bonds. The SMILES string of the molecule is Cc1nnnn1[C@H]1CC[C@H](C(C)C)CC1. The Bertz CT molecular complexity index is 310. The Morgan fingerprint density at radius 2 is 1.87 bits per heavy atom. The molecule has 1 aliphatic carbocycles. The summed E-state index contributed by atoms with van der Waals surface area (Å²) in [6, 6.07) is 0.537. The molecule has 0 bridgehead atoms. The quantitative estimate of drug-likeness (QED) is 0.749. The van der Waals surface area contributed by atoms with Crippen molar-refractivity contribution in [1.29, 1.82) is 0 Å². The van der Waals surface area contributed by atoms with Crippen molar-refractivity contribution in [3.05, 3.63) is 5.82 Å². The molecule has 1 saturated carbocycles. The van der Waals surface area contributed by atoms with Gasteiger partial charge < -0.3 is 0 Å². The number of aromatic nitrogens is 4. The lowest BCUT2D eigenvalue weighted by Gasteiger charge is -2.30. The molecule has 1 aromatic heterocycles. The maximum atomic E-state index is 4.06. The van der Waals surface area contributed by atoms with Gasteiger partial charge in [-0.1, -0.05) is 13.8 Å². The number of aryl methyl sites for hydroxylation is 1. The molecule has 4 nitrogen and oxygen atoms in total. The molecule has 0 aliphatic heterocycles. The minimum Gasteiger partial charge on any atom is -0.227 e. The molecule has 0 atom stereocenters. The van der Waals surface area contributed by atoms with Crippen molar-refractivity contribution in [3.8, 4) is 0 Å². The Morgan fingerprint density at radius 1 is 1.20 bits per heavy atom. The van der Waals surface area contributed by atoms with Crippen LogP contribution in [0.25, 0.3) is 0 Å². The predicted octanol–water partition coefficient (Wildman–Crippen LogP) is 2.37.